The Morgan fingerprint density at radius 2 is 2.22 bits per heavy atom. The predicted octanol–water partition coefficient (Wildman–Crippen LogP) is 1.47. The Bertz CT molecular complexity index is 416. The Morgan fingerprint density at radius 1 is 1.44 bits per heavy atom. The molecule has 1 N–H and O–H groups in total. The Kier molecular flexibility index (Phi) is 4.33. The Hall–Kier alpha value is -1.39. The van der Waals surface area contributed by atoms with E-state index in [9.17, 15) is 9.90 Å². The molecule has 0 saturated carbocycles. The maximum Gasteiger partial charge on any atom is 0.331 e. The summed E-state index contributed by atoms with van der Waals surface area (Å²) in [5.41, 5.74) is 2.31. The number of carbonyl (C=O) groups excluding carboxylic acids is 1. The van der Waals surface area contributed by atoms with E-state index in [0.29, 0.717) is 0 Å². The van der Waals surface area contributed by atoms with E-state index < -0.39 is 5.97 Å². The first-order chi connectivity index (χ1) is 8.76. The molecule has 4 heteroatoms. The quantitative estimate of drug-likeness (QED) is 0.822. The number of aliphatic hydroxyl groups excluding tert-OH is 1. The lowest BCUT2D eigenvalue weighted by molar-refractivity contribution is -0.150. The molecule has 2 rings (SSSR count). The van der Waals surface area contributed by atoms with Crippen LogP contribution in [0.25, 0.3) is 0 Å². The fourth-order valence-corrected chi connectivity index (χ4v) is 2.42. The number of carbonyl (C=O) groups is 1. The second kappa shape index (κ2) is 5.98. The number of ether oxygens (including phenoxy) is 2. The normalized spacial score (nSPS) is 22.3. The van der Waals surface area contributed by atoms with Gasteiger partial charge in [-0.15, -0.1) is 0 Å². The summed E-state index contributed by atoms with van der Waals surface area (Å²) >= 11 is 0. The van der Waals surface area contributed by atoms with E-state index >= 15 is 0 Å². The minimum absolute atomic E-state index is 0.0459. The lowest BCUT2D eigenvalue weighted by Crippen LogP contribution is -2.27. The van der Waals surface area contributed by atoms with Crippen LogP contribution in [0.1, 0.15) is 23.7 Å². The second-order valence-electron chi connectivity index (χ2n) is 4.49. The average Bonchev–Trinajstić information content (AvgIpc) is 2.44. The molecule has 2 unspecified atom stereocenters. The summed E-state index contributed by atoms with van der Waals surface area (Å²) in [6.45, 7) is -0.00776. The Morgan fingerprint density at radius 3 is 2.94 bits per heavy atom. The molecule has 18 heavy (non-hydrogen) atoms. The highest BCUT2D eigenvalue weighted by atomic mass is 16.6. The molecule has 0 amide bonds. The highest BCUT2D eigenvalue weighted by molar-refractivity contribution is 5.70. The minimum atomic E-state index is -0.394. The minimum Gasteiger partial charge on any atom is -0.467 e. The fraction of sp³-hybridized carbons (Fsp3) is 0.500. The van der Waals surface area contributed by atoms with E-state index in [1.807, 2.05) is 18.2 Å². The van der Waals surface area contributed by atoms with Gasteiger partial charge in [-0.2, -0.15) is 0 Å². The van der Waals surface area contributed by atoms with Crippen LogP contribution in [0, 0.1) is 5.92 Å². The second-order valence-corrected chi connectivity index (χ2v) is 4.49. The summed E-state index contributed by atoms with van der Waals surface area (Å²) < 4.78 is 10.2. The van der Waals surface area contributed by atoms with Crippen molar-refractivity contribution in [2.24, 2.45) is 5.92 Å². The maximum absolute atomic E-state index is 11.2. The maximum atomic E-state index is 11.2. The number of aliphatic hydroxyl groups is 1. The predicted molar refractivity (Wildman–Crippen MR) is 66.0 cm³/mol. The smallest absolute Gasteiger partial charge is 0.331 e. The number of rotatable bonds is 4. The van der Waals surface area contributed by atoms with Gasteiger partial charge in [0.15, 0.2) is 0 Å². The molecule has 98 valence electrons. The molecule has 0 fully saturated rings. The van der Waals surface area contributed by atoms with Crippen LogP contribution in [0.2, 0.25) is 0 Å². The Labute approximate surface area is 107 Å². The third-order valence-corrected chi connectivity index (χ3v) is 3.42. The SMILES string of the molecule is COC(=O)COC1c2ccccc2CCC1CO. The number of methoxy groups -OCH3 is 1. The van der Waals surface area contributed by atoms with Crippen LogP contribution in [-0.2, 0) is 20.7 Å². The highest BCUT2D eigenvalue weighted by Crippen LogP contribution is 2.36. The van der Waals surface area contributed by atoms with Crippen LogP contribution in [0.4, 0.5) is 0 Å². The van der Waals surface area contributed by atoms with Crippen LogP contribution in [0.3, 0.4) is 0 Å². The lowest BCUT2D eigenvalue weighted by atomic mass is 9.82. The molecule has 1 aromatic carbocycles. The molecule has 1 aromatic rings. The number of fused-ring (bicyclic) bond motifs is 1. The molecule has 1 aliphatic carbocycles. The van der Waals surface area contributed by atoms with Crippen molar-refractivity contribution in [3.63, 3.8) is 0 Å². The summed E-state index contributed by atoms with van der Waals surface area (Å²) in [5.74, 6) is -0.348. The number of hydrogen-bond acceptors (Lipinski definition) is 4. The molecule has 2 atom stereocenters. The monoisotopic (exact) mass is 250 g/mol. The van der Waals surface area contributed by atoms with Crippen molar-refractivity contribution in [3.05, 3.63) is 35.4 Å². The van der Waals surface area contributed by atoms with Gasteiger partial charge < -0.3 is 14.6 Å². The molecule has 0 radical (unpaired) electrons. The van der Waals surface area contributed by atoms with Crippen molar-refractivity contribution in [2.75, 3.05) is 20.3 Å². The summed E-state index contributed by atoms with van der Waals surface area (Å²) in [7, 11) is 1.34. The average molecular weight is 250 g/mol. The first-order valence-corrected chi connectivity index (χ1v) is 6.13. The number of aryl methyl sites for hydroxylation is 1. The molecule has 4 nitrogen and oxygen atoms in total. The van der Waals surface area contributed by atoms with E-state index in [0.717, 1.165) is 18.4 Å². The summed E-state index contributed by atoms with van der Waals surface area (Å²) in [6.07, 6.45) is 1.60. The van der Waals surface area contributed by atoms with Crippen molar-refractivity contribution in [2.45, 2.75) is 18.9 Å². The summed E-state index contributed by atoms with van der Waals surface area (Å²) in [4.78, 5) is 11.2. The van der Waals surface area contributed by atoms with Gasteiger partial charge in [-0.25, -0.2) is 4.79 Å². The van der Waals surface area contributed by atoms with Gasteiger partial charge in [-0.3, -0.25) is 0 Å². The van der Waals surface area contributed by atoms with E-state index in [4.69, 9.17) is 4.74 Å². The van der Waals surface area contributed by atoms with Crippen LogP contribution < -0.4 is 0 Å². The molecular formula is C14H18O4. The van der Waals surface area contributed by atoms with Gasteiger partial charge in [0.2, 0.25) is 0 Å². The van der Waals surface area contributed by atoms with Crippen molar-refractivity contribution < 1.29 is 19.4 Å². The molecule has 0 saturated heterocycles. The van der Waals surface area contributed by atoms with Crippen LogP contribution in [0.15, 0.2) is 24.3 Å². The zero-order chi connectivity index (χ0) is 13.0. The van der Waals surface area contributed by atoms with Gasteiger partial charge in [0.25, 0.3) is 0 Å². The number of hydrogen-bond donors (Lipinski definition) is 1. The summed E-state index contributed by atoms with van der Waals surface area (Å²) in [5, 5.41) is 9.41. The zero-order valence-electron chi connectivity index (χ0n) is 10.5. The molecule has 0 aliphatic heterocycles. The first-order valence-electron chi connectivity index (χ1n) is 6.13. The van der Waals surface area contributed by atoms with Crippen molar-refractivity contribution in [3.8, 4) is 0 Å². The fourth-order valence-electron chi connectivity index (χ4n) is 2.42. The van der Waals surface area contributed by atoms with Crippen molar-refractivity contribution >= 4 is 5.97 Å². The van der Waals surface area contributed by atoms with E-state index in [1.165, 1.54) is 12.7 Å². The van der Waals surface area contributed by atoms with Gasteiger partial charge in [0, 0.05) is 12.5 Å². The number of benzene rings is 1. The standard InChI is InChI=1S/C14H18O4/c1-17-13(16)9-18-14-11(8-15)7-6-10-4-2-3-5-12(10)14/h2-5,11,14-15H,6-9H2,1H3. The lowest BCUT2D eigenvalue weighted by Gasteiger charge is -2.32. The Balaban J connectivity index is 2.15. The molecule has 0 aromatic heterocycles. The highest BCUT2D eigenvalue weighted by Gasteiger charge is 2.30. The van der Waals surface area contributed by atoms with E-state index in [2.05, 4.69) is 10.8 Å². The topological polar surface area (TPSA) is 55.8 Å². The molecule has 0 heterocycles. The van der Waals surface area contributed by atoms with Crippen LogP contribution in [-0.4, -0.2) is 31.4 Å². The van der Waals surface area contributed by atoms with E-state index in [1.54, 1.807) is 0 Å². The van der Waals surface area contributed by atoms with Crippen LogP contribution in [0.5, 0.6) is 0 Å². The molecule has 1 aliphatic rings. The largest absolute Gasteiger partial charge is 0.467 e. The van der Waals surface area contributed by atoms with Gasteiger partial charge >= 0.3 is 5.97 Å². The van der Waals surface area contributed by atoms with Gasteiger partial charge in [-0.05, 0) is 24.0 Å². The van der Waals surface area contributed by atoms with Gasteiger partial charge in [-0.1, -0.05) is 24.3 Å². The molecule has 0 bridgehead atoms. The van der Waals surface area contributed by atoms with Gasteiger partial charge in [0.05, 0.1) is 13.2 Å². The van der Waals surface area contributed by atoms with E-state index in [-0.39, 0.29) is 25.2 Å². The third-order valence-electron chi connectivity index (χ3n) is 3.42. The van der Waals surface area contributed by atoms with Crippen LogP contribution >= 0.6 is 0 Å². The van der Waals surface area contributed by atoms with Crippen molar-refractivity contribution in [1.82, 2.24) is 0 Å². The van der Waals surface area contributed by atoms with Gasteiger partial charge in [0.1, 0.15) is 6.61 Å². The zero-order valence-corrected chi connectivity index (χ0v) is 10.5. The molecular weight excluding hydrogens is 232 g/mol. The van der Waals surface area contributed by atoms with Crippen molar-refractivity contribution in [1.29, 1.82) is 0 Å². The third kappa shape index (κ3) is 2.71. The summed E-state index contributed by atoms with van der Waals surface area (Å²) in [6, 6.07) is 8.01. The molecule has 0 spiro atoms. The number of esters is 1. The first kappa shape index (κ1) is 13.1.